The number of ether oxygens (including phenoxy) is 1. The molecule has 0 aliphatic carbocycles. The number of benzene rings is 2. The van der Waals surface area contributed by atoms with Gasteiger partial charge >= 0.3 is 5.97 Å². The Morgan fingerprint density at radius 3 is 2.67 bits per heavy atom. The van der Waals surface area contributed by atoms with Crippen molar-refractivity contribution in [2.75, 3.05) is 10.9 Å². The third kappa shape index (κ3) is 4.48. The Morgan fingerprint density at radius 1 is 1.20 bits per heavy atom. The van der Waals surface area contributed by atoms with E-state index in [0.717, 1.165) is 12.0 Å². The lowest BCUT2D eigenvalue weighted by atomic mass is 10.1. The summed E-state index contributed by atoms with van der Waals surface area (Å²) in [5.74, 6) is -1.15. The molecule has 0 spiro atoms. The number of carbonyl (C=O) groups excluding carboxylic acids is 2. The molecule has 0 bridgehead atoms. The van der Waals surface area contributed by atoms with E-state index in [9.17, 15) is 18.0 Å². The number of amides is 1. The van der Waals surface area contributed by atoms with Gasteiger partial charge < -0.3 is 10.1 Å². The number of nitrogens with zero attached hydrogens (tertiary/aromatic N) is 1. The molecule has 2 aromatic carbocycles. The molecule has 7 nitrogen and oxygen atoms in total. The maximum atomic E-state index is 13.3. The smallest absolute Gasteiger partial charge is 0.338 e. The van der Waals surface area contributed by atoms with Gasteiger partial charge in [0.05, 0.1) is 16.1 Å². The van der Waals surface area contributed by atoms with Crippen LogP contribution in [0.25, 0.3) is 0 Å². The third-order valence-corrected chi connectivity index (χ3v) is 7.05. The summed E-state index contributed by atoms with van der Waals surface area (Å²) < 4.78 is 33.1. The molecule has 1 aliphatic rings. The lowest BCUT2D eigenvalue weighted by Gasteiger charge is -2.24. The number of rotatable bonds is 7. The summed E-state index contributed by atoms with van der Waals surface area (Å²) in [6, 6.07) is 12.8. The molecule has 1 aliphatic heterocycles. The molecule has 0 unspecified atom stereocenters. The largest absolute Gasteiger partial charge is 0.452 e. The average Bonchev–Trinajstić information content (AvgIpc) is 3.08. The molecule has 0 fully saturated rings. The predicted molar refractivity (Wildman–Crippen MR) is 114 cm³/mol. The Morgan fingerprint density at radius 2 is 1.93 bits per heavy atom. The molecule has 0 saturated carbocycles. The van der Waals surface area contributed by atoms with E-state index in [1.54, 1.807) is 12.1 Å². The van der Waals surface area contributed by atoms with Crippen molar-refractivity contribution in [2.45, 2.75) is 50.6 Å². The van der Waals surface area contributed by atoms with Crippen LogP contribution in [0.15, 0.2) is 53.4 Å². The van der Waals surface area contributed by atoms with E-state index in [4.69, 9.17) is 4.74 Å². The van der Waals surface area contributed by atoms with E-state index in [0.29, 0.717) is 12.1 Å². The van der Waals surface area contributed by atoms with Crippen LogP contribution in [-0.4, -0.2) is 39.0 Å². The van der Waals surface area contributed by atoms with Crippen LogP contribution in [0.2, 0.25) is 0 Å². The van der Waals surface area contributed by atoms with Gasteiger partial charge in [0.2, 0.25) is 0 Å². The minimum absolute atomic E-state index is 0.00422. The standard InChI is InChI=1S/C22H26N2O5S/c1-4-15(2)23-21(25)14-29-22(26)18-9-7-10-19(13-18)30(27,28)24-16(3)12-17-8-5-6-11-20(17)24/h5-11,13,15-16H,4,12,14H2,1-3H3,(H,23,25)/t15-,16-/m1/s1. The van der Waals surface area contributed by atoms with E-state index in [-0.39, 0.29) is 22.5 Å². The molecule has 2 aromatic rings. The van der Waals surface area contributed by atoms with Crippen molar-refractivity contribution in [3.05, 3.63) is 59.7 Å². The topological polar surface area (TPSA) is 92.8 Å². The van der Waals surface area contributed by atoms with E-state index in [1.807, 2.05) is 32.9 Å². The van der Waals surface area contributed by atoms with E-state index < -0.39 is 28.5 Å². The number of anilines is 1. The summed E-state index contributed by atoms with van der Waals surface area (Å²) >= 11 is 0. The molecule has 2 atom stereocenters. The van der Waals surface area contributed by atoms with Crippen LogP contribution in [0.1, 0.15) is 43.1 Å². The van der Waals surface area contributed by atoms with Gasteiger partial charge in [0.25, 0.3) is 15.9 Å². The van der Waals surface area contributed by atoms with Crippen LogP contribution in [-0.2, 0) is 26.0 Å². The van der Waals surface area contributed by atoms with Gasteiger partial charge in [0.1, 0.15) is 0 Å². The van der Waals surface area contributed by atoms with Gasteiger partial charge in [-0.1, -0.05) is 31.2 Å². The minimum Gasteiger partial charge on any atom is -0.452 e. The number of esters is 1. The summed E-state index contributed by atoms with van der Waals surface area (Å²) in [6.45, 7) is 5.22. The highest BCUT2D eigenvalue weighted by Gasteiger charge is 2.36. The monoisotopic (exact) mass is 430 g/mol. The highest BCUT2D eigenvalue weighted by atomic mass is 32.2. The summed E-state index contributed by atoms with van der Waals surface area (Å²) in [5, 5.41) is 2.70. The highest BCUT2D eigenvalue weighted by Crippen LogP contribution is 2.36. The maximum Gasteiger partial charge on any atom is 0.338 e. The Kier molecular flexibility index (Phi) is 6.45. The highest BCUT2D eigenvalue weighted by molar-refractivity contribution is 7.92. The van der Waals surface area contributed by atoms with Crippen LogP contribution in [0.3, 0.4) is 0 Å². The minimum atomic E-state index is -3.86. The molecule has 3 rings (SSSR count). The molecular formula is C22H26N2O5S. The fourth-order valence-electron chi connectivity index (χ4n) is 3.43. The first-order valence-electron chi connectivity index (χ1n) is 9.93. The average molecular weight is 431 g/mol. The Labute approximate surface area is 177 Å². The number of para-hydroxylation sites is 1. The number of nitrogens with one attached hydrogen (secondary N) is 1. The van der Waals surface area contributed by atoms with Crippen LogP contribution < -0.4 is 9.62 Å². The van der Waals surface area contributed by atoms with Crippen LogP contribution in [0.4, 0.5) is 5.69 Å². The third-order valence-electron chi connectivity index (χ3n) is 5.13. The van der Waals surface area contributed by atoms with Gasteiger partial charge in [-0.2, -0.15) is 0 Å². The second kappa shape index (κ2) is 8.87. The predicted octanol–water partition coefficient (Wildman–Crippen LogP) is 2.90. The molecule has 160 valence electrons. The normalized spacial score (nSPS) is 16.6. The van der Waals surface area contributed by atoms with Crippen molar-refractivity contribution in [2.24, 2.45) is 0 Å². The van der Waals surface area contributed by atoms with Crippen molar-refractivity contribution in [3.63, 3.8) is 0 Å². The first kappa shape index (κ1) is 21.8. The summed E-state index contributed by atoms with van der Waals surface area (Å²) in [7, 11) is -3.86. The summed E-state index contributed by atoms with van der Waals surface area (Å²) in [6.07, 6.45) is 1.39. The second-order valence-electron chi connectivity index (χ2n) is 7.46. The van der Waals surface area contributed by atoms with Crippen molar-refractivity contribution >= 4 is 27.6 Å². The molecular weight excluding hydrogens is 404 g/mol. The number of carbonyl (C=O) groups is 2. The molecule has 0 aromatic heterocycles. The molecule has 0 radical (unpaired) electrons. The Balaban J connectivity index is 1.78. The van der Waals surface area contributed by atoms with Crippen molar-refractivity contribution in [3.8, 4) is 0 Å². The van der Waals surface area contributed by atoms with Crippen molar-refractivity contribution < 1.29 is 22.7 Å². The maximum absolute atomic E-state index is 13.3. The quantitative estimate of drug-likeness (QED) is 0.682. The summed E-state index contributed by atoms with van der Waals surface area (Å²) in [5.41, 5.74) is 1.70. The molecule has 30 heavy (non-hydrogen) atoms. The lowest BCUT2D eigenvalue weighted by Crippen LogP contribution is -2.36. The fourth-order valence-corrected chi connectivity index (χ4v) is 5.17. The summed E-state index contributed by atoms with van der Waals surface area (Å²) in [4.78, 5) is 24.2. The molecule has 0 saturated heterocycles. The Hall–Kier alpha value is -2.87. The van der Waals surface area contributed by atoms with Gasteiger partial charge in [-0.25, -0.2) is 13.2 Å². The lowest BCUT2D eigenvalue weighted by molar-refractivity contribution is -0.124. The zero-order chi connectivity index (χ0) is 21.9. The number of sulfonamides is 1. The van der Waals surface area contributed by atoms with Gasteiger partial charge in [0.15, 0.2) is 6.61 Å². The van der Waals surface area contributed by atoms with Crippen molar-refractivity contribution in [1.29, 1.82) is 0 Å². The number of hydrogen-bond donors (Lipinski definition) is 1. The van der Waals surface area contributed by atoms with Crippen LogP contribution >= 0.6 is 0 Å². The first-order valence-corrected chi connectivity index (χ1v) is 11.4. The van der Waals surface area contributed by atoms with Gasteiger partial charge in [-0.3, -0.25) is 9.10 Å². The van der Waals surface area contributed by atoms with Crippen LogP contribution in [0.5, 0.6) is 0 Å². The van der Waals surface area contributed by atoms with Crippen molar-refractivity contribution in [1.82, 2.24) is 5.32 Å². The Bertz CT molecular complexity index is 1050. The zero-order valence-corrected chi connectivity index (χ0v) is 18.1. The van der Waals surface area contributed by atoms with Gasteiger partial charge in [-0.05, 0) is 56.5 Å². The fraction of sp³-hybridized carbons (Fsp3) is 0.364. The van der Waals surface area contributed by atoms with Gasteiger partial charge in [-0.15, -0.1) is 0 Å². The van der Waals surface area contributed by atoms with Gasteiger partial charge in [0, 0.05) is 12.1 Å². The molecule has 1 amide bonds. The number of fused-ring (bicyclic) bond motifs is 1. The van der Waals surface area contributed by atoms with Crippen LogP contribution in [0, 0.1) is 0 Å². The molecule has 8 heteroatoms. The van der Waals surface area contributed by atoms with E-state index in [1.165, 1.54) is 28.6 Å². The van der Waals surface area contributed by atoms with E-state index in [2.05, 4.69) is 5.32 Å². The van der Waals surface area contributed by atoms with E-state index >= 15 is 0 Å². The first-order chi connectivity index (χ1) is 14.2. The molecule has 1 N–H and O–H groups in total. The zero-order valence-electron chi connectivity index (χ0n) is 17.3. The number of hydrogen-bond acceptors (Lipinski definition) is 5. The second-order valence-corrected chi connectivity index (χ2v) is 9.28. The SMILES string of the molecule is CC[C@@H](C)NC(=O)COC(=O)c1cccc(S(=O)(=O)N2c3ccccc3C[C@H]2C)c1. The molecule has 1 heterocycles.